The van der Waals surface area contributed by atoms with Gasteiger partial charge in [-0.15, -0.1) is 0 Å². The molecule has 6 heterocycles. The summed E-state index contributed by atoms with van der Waals surface area (Å²) in [5.41, 5.74) is -1.10. The van der Waals surface area contributed by atoms with Gasteiger partial charge in [0, 0.05) is 37.7 Å². The van der Waals surface area contributed by atoms with Crippen molar-refractivity contribution in [3.8, 4) is 0 Å². The van der Waals surface area contributed by atoms with E-state index in [1.807, 2.05) is 6.92 Å². The molecule has 6 saturated heterocycles. The molecule has 1 spiro atoms. The standard InChI is InChI=1S/C40H68O11/c1-21-11-12-28(46-33(21)26(6)36(42)43)17-29-18-30(45-10)27(7)40(48-29)25(5)19-38(9,51-40)32-13-14-37(8,49-32)35-23(3)16-31(47-35)34-22(2)15-24(4)39(44,20-41)50-34/h21-35,41,44H,11-20H2,1-10H3,(H,42,43)/t21-,22-,23-,24-,25+,26+,27+,28+,29+,30+,31+,32+,33+,34-,35+,37-,38-,39-,40?/m0/s1. The Balaban J connectivity index is 1.13. The number of aliphatic carboxylic acids is 1. The fourth-order valence-electron chi connectivity index (χ4n) is 11.3. The molecular formula is C40H68O11. The van der Waals surface area contributed by atoms with Gasteiger partial charge in [0.15, 0.2) is 11.6 Å². The Morgan fingerprint density at radius 1 is 0.863 bits per heavy atom. The maximum Gasteiger partial charge on any atom is 0.308 e. The molecule has 19 atom stereocenters. The first-order valence-electron chi connectivity index (χ1n) is 20.0. The molecule has 0 radical (unpaired) electrons. The zero-order valence-corrected chi connectivity index (χ0v) is 32.8. The summed E-state index contributed by atoms with van der Waals surface area (Å²) in [6, 6.07) is 0. The van der Waals surface area contributed by atoms with E-state index in [4.69, 9.17) is 33.2 Å². The quantitative estimate of drug-likeness (QED) is 0.269. The molecule has 3 N–H and O–H groups in total. The van der Waals surface area contributed by atoms with E-state index in [1.54, 1.807) is 14.0 Å². The number of aliphatic hydroxyl groups is 2. The fraction of sp³-hybridized carbons (Fsp3) is 0.975. The lowest BCUT2D eigenvalue weighted by Gasteiger charge is -2.50. The molecule has 0 aromatic heterocycles. The molecule has 6 aliphatic rings. The van der Waals surface area contributed by atoms with Crippen LogP contribution in [0.3, 0.4) is 0 Å². The third-order valence-corrected chi connectivity index (χ3v) is 14.4. The molecule has 6 fully saturated rings. The highest BCUT2D eigenvalue weighted by Crippen LogP contribution is 2.57. The molecular weight excluding hydrogens is 656 g/mol. The van der Waals surface area contributed by atoms with Crippen LogP contribution >= 0.6 is 0 Å². The van der Waals surface area contributed by atoms with Crippen LogP contribution in [-0.4, -0.2) is 107 Å². The van der Waals surface area contributed by atoms with Crippen LogP contribution in [0.15, 0.2) is 0 Å². The largest absolute Gasteiger partial charge is 0.481 e. The van der Waals surface area contributed by atoms with Crippen molar-refractivity contribution in [2.75, 3.05) is 13.7 Å². The van der Waals surface area contributed by atoms with Crippen molar-refractivity contribution in [1.29, 1.82) is 0 Å². The average molecular weight is 725 g/mol. The summed E-state index contributed by atoms with van der Waals surface area (Å²) in [7, 11) is 1.77. The van der Waals surface area contributed by atoms with Crippen molar-refractivity contribution < 1.29 is 53.3 Å². The molecule has 11 nitrogen and oxygen atoms in total. The minimum absolute atomic E-state index is 0.00727. The minimum atomic E-state index is -1.55. The van der Waals surface area contributed by atoms with E-state index >= 15 is 0 Å². The molecule has 0 bridgehead atoms. The van der Waals surface area contributed by atoms with Crippen molar-refractivity contribution in [2.45, 2.75) is 192 Å². The summed E-state index contributed by atoms with van der Waals surface area (Å²) in [5, 5.41) is 30.7. The van der Waals surface area contributed by atoms with Gasteiger partial charge < -0.3 is 48.5 Å². The third-order valence-electron chi connectivity index (χ3n) is 14.4. The number of hydrogen-bond donors (Lipinski definition) is 3. The molecule has 1 unspecified atom stereocenters. The van der Waals surface area contributed by atoms with Gasteiger partial charge in [-0.25, -0.2) is 0 Å². The normalized spacial score (nSPS) is 54.2. The summed E-state index contributed by atoms with van der Waals surface area (Å²) in [5.74, 6) is -3.26. The predicted octanol–water partition coefficient (Wildman–Crippen LogP) is 5.71. The molecule has 294 valence electrons. The van der Waals surface area contributed by atoms with Gasteiger partial charge in [-0.1, -0.05) is 41.5 Å². The Kier molecular flexibility index (Phi) is 11.4. The van der Waals surface area contributed by atoms with Crippen LogP contribution in [0.25, 0.3) is 0 Å². The monoisotopic (exact) mass is 724 g/mol. The highest BCUT2D eigenvalue weighted by Gasteiger charge is 2.65. The average Bonchev–Trinajstić information content (AvgIpc) is 3.75. The van der Waals surface area contributed by atoms with E-state index in [9.17, 15) is 20.1 Å². The van der Waals surface area contributed by atoms with Gasteiger partial charge in [-0.3, -0.25) is 4.79 Å². The summed E-state index contributed by atoms with van der Waals surface area (Å²) in [6.45, 7) is 18.4. The van der Waals surface area contributed by atoms with Crippen LogP contribution in [0, 0.1) is 41.4 Å². The van der Waals surface area contributed by atoms with Crippen LogP contribution < -0.4 is 0 Å². The van der Waals surface area contributed by atoms with E-state index in [0.29, 0.717) is 6.42 Å². The second-order valence-electron chi connectivity index (χ2n) is 18.4. The molecule has 6 aliphatic heterocycles. The van der Waals surface area contributed by atoms with Crippen LogP contribution in [0.4, 0.5) is 0 Å². The topological polar surface area (TPSA) is 142 Å². The molecule has 0 saturated carbocycles. The maximum atomic E-state index is 11.8. The van der Waals surface area contributed by atoms with Gasteiger partial charge in [-0.2, -0.15) is 0 Å². The minimum Gasteiger partial charge on any atom is -0.481 e. The highest BCUT2D eigenvalue weighted by atomic mass is 16.7. The SMILES string of the molecule is CO[C@@H]1C[C@@H](C[C@H]2CC[C@H](C)[C@H]([C@@H](C)C(=O)O)O2)OC2(O[C@](C)([C@H]3CC[C@@](C)([C@@H]4O[C@@H]([C@H]5O[C@@](O)(CO)[C@@H](C)C[C@@H]5C)C[C@@H]4C)O3)C[C@H]2C)[C@@H]1C. The summed E-state index contributed by atoms with van der Waals surface area (Å²) < 4.78 is 47.0. The maximum absolute atomic E-state index is 11.8. The molecule has 0 amide bonds. The van der Waals surface area contributed by atoms with Gasteiger partial charge in [0.25, 0.3) is 0 Å². The molecule has 6 rings (SSSR count). The summed E-state index contributed by atoms with van der Waals surface area (Å²) in [6.07, 6.45) is 5.85. The predicted molar refractivity (Wildman–Crippen MR) is 189 cm³/mol. The van der Waals surface area contributed by atoms with Crippen LogP contribution in [0.2, 0.25) is 0 Å². The van der Waals surface area contributed by atoms with Crippen molar-refractivity contribution in [3.63, 3.8) is 0 Å². The van der Waals surface area contributed by atoms with Crippen molar-refractivity contribution in [1.82, 2.24) is 0 Å². The second-order valence-corrected chi connectivity index (χ2v) is 18.4. The van der Waals surface area contributed by atoms with Crippen LogP contribution in [0.5, 0.6) is 0 Å². The van der Waals surface area contributed by atoms with Gasteiger partial charge >= 0.3 is 5.97 Å². The Hall–Kier alpha value is -0.890. The fourth-order valence-corrected chi connectivity index (χ4v) is 11.3. The Labute approximate surface area is 305 Å². The van der Waals surface area contributed by atoms with Gasteiger partial charge in [0.05, 0.1) is 72.6 Å². The zero-order chi connectivity index (χ0) is 37.3. The number of carbonyl (C=O) groups is 1. The first-order chi connectivity index (χ1) is 23.9. The lowest BCUT2D eigenvalue weighted by atomic mass is 9.78. The lowest BCUT2D eigenvalue weighted by molar-refractivity contribution is -0.353. The van der Waals surface area contributed by atoms with E-state index in [2.05, 4.69) is 48.5 Å². The molecule has 11 heteroatoms. The number of methoxy groups -OCH3 is 1. The Morgan fingerprint density at radius 2 is 1.59 bits per heavy atom. The molecule has 0 aromatic carbocycles. The summed E-state index contributed by atoms with van der Waals surface area (Å²) >= 11 is 0. The van der Waals surface area contributed by atoms with Crippen LogP contribution in [0.1, 0.15) is 120 Å². The van der Waals surface area contributed by atoms with Gasteiger partial charge in [0.2, 0.25) is 0 Å². The van der Waals surface area contributed by atoms with E-state index in [-0.39, 0.29) is 84.3 Å². The smallest absolute Gasteiger partial charge is 0.308 e. The van der Waals surface area contributed by atoms with E-state index in [1.165, 1.54) is 0 Å². The van der Waals surface area contributed by atoms with E-state index < -0.39 is 41.3 Å². The Morgan fingerprint density at radius 3 is 2.25 bits per heavy atom. The van der Waals surface area contributed by atoms with Gasteiger partial charge in [0.1, 0.15) is 0 Å². The first kappa shape index (κ1) is 39.8. The number of carboxylic acid groups (broad SMARTS) is 1. The van der Waals surface area contributed by atoms with Crippen molar-refractivity contribution in [2.24, 2.45) is 41.4 Å². The number of ether oxygens (including phenoxy) is 7. The number of rotatable bonds is 9. The van der Waals surface area contributed by atoms with Crippen molar-refractivity contribution in [3.05, 3.63) is 0 Å². The first-order valence-corrected chi connectivity index (χ1v) is 20.0. The van der Waals surface area contributed by atoms with Gasteiger partial charge in [-0.05, 0) is 83.5 Å². The lowest BCUT2D eigenvalue weighted by Crippen LogP contribution is -2.58. The highest BCUT2D eigenvalue weighted by molar-refractivity contribution is 5.70. The molecule has 0 aliphatic carbocycles. The Bertz CT molecular complexity index is 1230. The molecule has 0 aromatic rings. The zero-order valence-electron chi connectivity index (χ0n) is 32.8. The number of carboxylic acids is 1. The second kappa shape index (κ2) is 14.6. The number of hydrogen-bond acceptors (Lipinski definition) is 10. The van der Waals surface area contributed by atoms with Crippen molar-refractivity contribution >= 4 is 5.97 Å². The van der Waals surface area contributed by atoms with Crippen LogP contribution in [-0.2, 0) is 38.0 Å². The van der Waals surface area contributed by atoms with E-state index in [0.717, 1.165) is 51.4 Å². The third kappa shape index (κ3) is 7.19. The molecule has 51 heavy (non-hydrogen) atoms. The number of aliphatic hydroxyl groups excluding tert-OH is 1. The summed E-state index contributed by atoms with van der Waals surface area (Å²) in [4.78, 5) is 11.8.